The molecule has 106 valence electrons. The van der Waals surface area contributed by atoms with E-state index < -0.39 is 0 Å². The average Bonchev–Trinajstić information content (AvgIpc) is 3.00. The molecular weight excluding hydrogens is 238 g/mol. The lowest BCUT2D eigenvalue weighted by Gasteiger charge is -2.22. The van der Waals surface area contributed by atoms with Crippen molar-refractivity contribution < 1.29 is 9.47 Å². The van der Waals surface area contributed by atoms with Gasteiger partial charge in [-0.25, -0.2) is 0 Å². The fourth-order valence-electron chi connectivity index (χ4n) is 2.98. The SMILES string of the molecule is CNC(c1cc(OC)c(OC)cc1C)C1CC1(C)C. The third-order valence-corrected chi connectivity index (χ3v) is 4.41. The second kappa shape index (κ2) is 5.04. The Hall–Kier alpha value is -1.22. The molecule has 1 aliphatic carbocycles. The van der Waals surface area contributed by atoms with Crippen molar-refractivity contribution in [2.24, 2.45) is 11.3 Å². The zero-order valence-corrected chi connectivity index (χ0v) is 12.8. The van der Waals surface area contributed by atoms with E-state index in [9.17, 15) is 0 Å². The van der Waals surface area contributed by atoms with Gasteiger partial charge < -0.3 is 14.8 Å². The van der Waals surface area contributed by atoms with Gasteiger partial charge in [0.1, 0.15) is 0 Å². The van der Waals surface area contributed by atoms with Crippen LogP contribution in [-0.2, 0) is 0 Å². The van der Waals surface area contributed by atoms with Crippen LogP contribution in [0.25, 0.3) is 0 Å². The molecule has 0 bridgehead atoms. The molecule has 0 aliphatic heterocycles. The van der Waals surface area contributed by atoms with E-state index in [2.05, 4.69) is 38.2 Å². The van der Waals surface area contributed by atoms with Crippen molar-refractivity contribution in [3.05, 3.63) is 23.3 Å². The smallest absolute Gasteiger partial charge is 0.161 e. The van der Waals surface area contributed by atoms with Gasteiger partial charge in [0.05, 0.1) is 14.2 Å². The normalized spacial score (nSPS) is 21.9. The first kappa shape index (κ1) is 14.2. The fraction of sp³-hybridized carbons (Fsp3) is 0.625. The summed E-state index contributed by atoms with van der Waals surface area (Å²) in [6, 6.07) is 4.56. The van der Waals surface area contributed by atoms with Crippen LogP contribution in [0.15, 0.2) is 12.1 Å². The molecule has 19 heavy (non-hydrogen) atoms. The summed E-state index contributed by atoms with van der Waals surface area (Å²) in [5, 5.41) is 3.47. The van der Waals surface area contributed by atoms with E-state index in [4.69, 9.17) is 9.47 Å². The molecule has 3 nitrogen and oxygen atoms in total. The van der Waals surface area contributed by atoms with Gasteiger partial charge in [0, 0.05) is 6.04 Å². The van der Waals surface area contributed by atoms with Gasteiger partial charge >= 0.3 is 0 Å². The molecule has 3 heteroatoms. The summed E-state index contributed by atoms with van der Waals surface area (Å²) in [6.45, 7) is 6.80. The molecule has 0 aromatic heterocycles. The van der Waals surface area contributed by atoms with E-state index in [1.165, 1.54) is 17.5 Å². The van der Waals surface area contributed by atoms with Crippen LogP contribution < -0.4 is 14.8 Å². The predicted octanol–water partition coefficient (Wildman–Crippen LogP) is 3.32. The maximum absolute atomic E-state index is 5.43. The van der Waals surface area contributed by atoms with Crippen LogP contribution in [0.4, 0.5) is 0 Å². The predicted molar refractivity (Wildman–Crippen MR) is 78.0 cm³/mol. The van der Waals surface area contributed by atoms with E-state index in [1.54, 1.807) is 14.2 Å². The van der Waals surface area contributed by atoms with Crippen LogP contribution >= 0.6 is 0 Å². The Balaban J connectivity index is 2.38. The molecule has 2 unspecified atom stereocenters. The van der Waals surface area contributed by atoms with E-state index in [0.29, 0.717) is 17.4 Å². The first-order valence-electron chi connectivity index (χ1n) is 6.84. The van der Waals surface area contributed by atoms with Crippen LogP contribution in [0.1, 0.15) is 37.4 Å². The third-order valence-electron chi connectivity index (χ3n) is 4.41. The molecule has 0 amide bonds. The maximum atomic E-state index is 5.43. The second-order valence-electron chi connectivity index (χ2n) is 6.13. The Bertz CT molecular complexity index is 468. The molecule has 1 N–H and O–H groups in total. The van der Waals surface area contributed by atoms with Gasteiger partial charge in [0.25, 0.3) is 0 Å². The van der Waals surface area contributed by atoms with Crippen LogP contribution in [0.2, 0.25) is 0 Å². The molecule has 1 fully saturated rings. The topological polar surface area (TPSA) is 30.5 Å². The monoisotopic (exact) mass is 263 g/mol. The zero-order chi connectivity index (χ0) is 14.2. The van der Waals surface area contributed by atoms with Crippen molar-refractivity contribution in [1.29, 1.82) is 0 Å². The quantitative estimate of drug-likeness (QED) is 0.884. The van der Waals surface area contributed by atoms with Crippen molar-refractivity contribution in [3.63, 3.8) is 0 Å². The van der Waals surface area contributed by atoms with Crippen molar-refractivity contribution in [2.75, 3.05) is 21.3 Å². The molecule has 2 atom stereocenters. The number of benzene rings is 1. The van der Waals surface area contributed by atoms with Gasteiger partial charge in [-0.1, -0.05) is 13.8 Å². The second-order valence-corrected chi connectivity index (χ2v) is 6.13. The van der Waals surface area contributed by atoms with Gasteiger partial charge in [0.2, 0.25) is 0 Å². The first-order chi connectivity index (χ1) is 8.94. The minimum atomic E-state index is 0.384. The highest BCUT2D eigenvalue weighted by Gasteiger charge is 2.50. The number of hydrogen-bond donors (Lipinski definition) is 1. The molecule has 0 saturated heterocycles. The van der Waals surface area contributed by atoms with Crippen LogP contribution in [0.3, 0.4) is 0 Å². The molecule has 1 aromatic carbocycles. The molecule has 2 rings (SSSR count). The number of methoxy groups -OCH3 is 2. The number of aryl methyl sites for hydroxylation is 1. The Morgan fingerprint density at radius 2 is 1.74 bits per heavy atom. The standard InChI is InChI=1S/C16H25NO2/c1-10-7-13(18-5)14(19-6)8-11(10)15(17-4)12-9-16(12,2)3/h7-8,12,15,17H,9H2,1-6H3. The van der Waals surface area contributed by atoms with Gasteiger partial charge in [0.15, 0.2) is 11.5 Å². The Morgan fingerprint density at radius 1 is 1.21 bits per heavy atom. The molecule has 1 aliphatic rings. The summed E-state index contributed by atoms with van der Waals surface area (Å²) in [7, 11) is 5.40. The number of rotatable bonds is 5. The Labute approximate surface area is 116 Å². The summed E-state index contributed by atoms with van der Waals surface area (Å²) < 4.78 is 10.8. The summed E-state index contributed by atoms with van der Waals surface area (Å²) >= 11 is 0. The highest BCUT2D eigenvalue weighted by atomic mass is 16.5. The van der Waals surface area contributed by atoms with Crippen molar-refractivity contribution in [1.82, 2.24) is 5.32 Å². The van der Waals surface area contributed by atoms with Gasteiger partial charge in [-0.15, -0.1) is 0 Å². The van der Waals surface area contributed by atoms with Gasteiger partial charge in [-0.05, 0) is 55.0 Å². The largest absolute Gasteiger partial charge is 0.493 e. The van der Waals surface area contributed by atoms with Crippen molar-refractivity contribution >= 4 is 0 Å². The van der Waals surface area contributed by atoms with Crippen molar-refractivity contribution in [3.8, 4) is 11.5 Å². The summed E-state index contributed by atoms with van der Waals surface area (Å²) in [4.78, 5) is 0. The number of nitrogens with one attached hydrogen (secondary N) is 1. The Morgan fingerprint density at radius 3 is 2.16 bits per heavy atom. The minimum Gasteiger partial charge on any atom is -0.493 e. The molecule has 1 saturated carbocycles. The number of ether oxygens (including phenoxy) is 2. The number of hydrogen-bond acceptors (Lipinski definition) is 3. The van der Waals surface area contributed by atoms with E-state index >= 15 is 0 Å². The van der Waals surface area contributed by atoms with Crippen molar-refractivity contribution in [2.45, 2.75) is 33.2 Å². The third kappa shape index (κ3) is 2.57. The molecule has 0 spiro atoms. The minimum absolute atomic E-state index is 0.384. The van der Waals surface area contributed by atoms with Gasteiger partial charge in [-0.3, -0.25) is 0 Å². The lowest BCUT2D eigenvalue weighted by atomic mass is 9.93. The van der Waals surface area contributed by atoms with E-state index in [-0.39, 0.29) is 0 Å². The summed E-state index contributed by atoms with van der Waals surface area (Å²) in [5.74, 6) is 2.30. The maximum Gasteiger partial charge on any atom is 0.161 e. The molecule has 0 heterocycles. The average molecular weight is 263 g/mol. The molecular formula is C16H25NO2. The molecule has 0 radical (unpaired) electrons. The highest BCUT2D eigenvalue weighted by Crippen LogP contribution is 2.58. The van der Waals surface area contributed by atoms with E-state index in [0.717, 1.165) is 11.5 Å². The summed E-state index contributed by atoms with van der Waals surface area (Å²) in [6.07, 6.45) is 1.27. The summed E-state index contributed by atoms with van der Waals surface area (Å²) in [5.41, 5.74) is 3.00. The highest BCUT2D eigenvalue weighted by molar-refractivity contribution is 5.48. The first-order valence-corrected chi connectivity index (χ1v) is 6.84. The van der Waals surface area contributed by atoms with Gasteiger partial charge in [-0.2, -0.15) is 0 Å². The van der Waals surface area contributed by atoms with Crippen LogP contribution in [0, 0.1) is 18.3 Å². The van der Waals surface area contributed by atoms with Crippen LogP contribution in [-0.4, -0.2) is 21.3 Å². The molecule has 1 aromatic rings. The Kier molecular flexibility index (Phi) is 3.77. The zero-order valence-electron chi connectivity index (χ0n) is 12.8. The lowest BCUT2D eigenvalue weighted by Crippen LogP contribution is -2.21. The fourth-order valence-corrected chi connectivity index (χ4v) is 2.98. The van der Waals surface area contributed by atoms with E-state index in [1.807, 2.05) is 7.05 Å². The van der Waals surface area contributed by atoms with Crippen LogP contribution in [0.5, 0.6) is 11.5 Å². The lowest BCUT2D eigenvalue weighted by molar-refractivity contribution is 0.352.